The molecule has 0 radical (unpaired) electrons. The van der Waals surface area contributed by atoms with E-state index < -0.39 is 23.2 Å². The van der Waals surface area contributed by atoms with Gasteiger partial charge in [-0.05, 0) is 18.3 Å². The predicted molar refractivity (Wildman–Crippen MR) is 89.7 cm³/mol. The zero-order valence-corrected chi connectivity index (χ0v) is 15.4. The number of likely N-dealkylation sites (tertiary alicyclic amines) is 1. The van der Waals surface area contributed by atoms with E-state index in [2.05, 4.69) is 10.1 Å². The Kier molecular flexibility index (Phi) is 4.60. The Morgan fingerprint density at radius 2 is 1.96 bits per heavy atom. The normalized spacial score (nSPS) is 28.7. The number of amides is 1. The standard InChI is InChI=1S/C18H27N3O4/c1-10(2)15-19-14(20-25-15)11-8-6-5-7-9-21(11)16(22)12-13(17(23)24)18(12,3)4/h10-13H,5-9H2,1-4H3,(H,23,24). The third-order valence-electron chi connectivity index (χ3n) is 5.64. The first-order valence-corrected chi connectivity index (χ1v) is 9.12. The predicted octanol–water partition coefficient (Wildman–Crippen LogP) is 2.99. The van der Waals surface area contributed by atoms with Crippen molar-refractivity contribution in [2.75, 3.05) is 6.54 Å². The van der Waals surface area contributed by atoms with Gasteiger partial charge in [0.05, 0.1) is 17.9 Å². The van der Waals surface area contributed by atoms with Crippen LogP contribution in [0.5, 0.6) is 0 Å². The minimum absolute atomic E-state index is 0.0832. The van der Waals surface area contributed by atoms with Crippen LogP contribution in [-0.2, 0) is 9.59 Å². The van der Waals surface area contributed by atoms with E-state index in [1.165, 1.54) is 0 Å². The minimum atomic E-state index is -0.892. The Balaban J connectivity index is 1.86. The molecule has 0 spiro atoms. The van der Waals surface area contributed by atoms with E-state index in [1.54, 1.807) is 4.90 Å². The summed E-state index contributed by atoms with van der Waals surface area (Å²) in [7, 11) is 0. The number of carbonyl (C=O) groups is 2. The molecular weight excluding hydrogens is 322 g/mol. The van der Waals surface area contributed by atoms with Crippen LogP contribution in [0.3, 0.4) is 0 Å². The van der Waals surface area contributed by atoms with Crippen molar-refractivity contribution < 1.29 is 19.2 Å². The zero-order chi connectivity index (χ0) is 18.4. The molecule has 3 atom stereocenters. The van der Waals surface area contributed by atoms with Crippen LogP contribution in [0, 0.1) is 17.3 Å². The summed E-state index contributed by atoms with van der Waals surface area (Å²) in [6.45, 7) is 8.29. The molecule has 2 heterocycles. The highest BCUT2D eigenvalue weighted by atomic mass is 16.5. The Labute approximate surface area is 147 Å². The summed E-state index contributed by atoms with van der Waals surface area (Å²) in [6, 6.07) is -0.225. The van der Waals surface area contributed by atoms with Crippen LogP contribution < -0.4 is 0 Å². The van der Waals surface area contributed by atoms with Crippen molar-refractivity contribution in [3.63, 3.8) is 0 Å². The molecule has 3 unspecified atom stereocenters. The summed E-state index contributed by atoms with van der Waals surface area (Å²) in [6.07, 6.45) is 3.75. The van der Waals surface area contributed by atoms with Crippen LogP contribution in [0.15, 0.2) is 4.52 Å². The third-order valence-corrected chi connectivity index (χ3v) is 5.64. The maximum absolute atomic E-state index is 13.1. The van der Waals surface area contributed by atoms with Gasteiger partial charge in [-0.2, -0.15) is 4.98 Å². The molecule has 1 saturated carbocycles. The second-order valence-electron chi connectivity index (χ2n) is 8.16. The van der Waals surface area contributed by atoms with E-state index in [-0.39, 0.29) is 17.9 Å². The van der Waals surface area contributed by atoms with E-state index in [1.807, 2.05) is 27.7 Å². The van der Waals surface area contributed by atoms with Gasteiger partial charge < -0.3 is 14.5 Å². The second kappa shape index (κ2) is 6.42. The van der Waals surface area contributed by atoms with Gasteiger partial charge in [0.2, 0.25) is 11.8 Å². The molecule has 7 heteroatoms. The first-order valence-electron chi connectivity index (χ1n) is 9.12. The number of nitrogens with zero attached hydrogens (tertiary/aromatic N) is 3. The summed E-state index contributed by atoms with van der Waals surface area (Å²) in [4.78, 5) is 30.9. The fourth-order valence-electron chi connectivity index (χ4n) is 4.00. The number of carboxylic acids is 1. The van der Waals surface area contributed by atoms with Crippen molar-refractivity contribution in [2.45, 2.75) is 65.3 Å². The van der Waals surface area contributed by atoms with E-state index in [4.69, 9.17) is 4.52 Å². The Morgan fingerprint density at radius 1 is 1.24 bits per heavy atom. The molecule has 1 aromatic heterocycles. The van der Waals surface area contributed by atoms with E-state index >= 15 is 0 Å². The fraction of sp³-hybridized carbons (Fsp3) is 0.778. The Morgan fingerprint density at radius 3 is 2.52 bits per heavy atom. The molecule has 1 aromatic rings. The molecule has 138 valence electrons. The lowest BCUT2D eigenvalue weighted by Crippen LogP contribution is -2.37. The maximum Gasteiger partial charge on any atom is 0.307 e. The molecular formula is C18H27N3O4. The summed E-state index contributed by atoms with van der Waals surface area (Å²) in [5.41, 5.74) is -0.500. The molecule has 25 heavy (non-hydrogen) atoms. The maximum atomic E-state index is 13.1. The molecule has 2 fully saturated rings. The van der Waals surface area contributed by atoms with Crippen LogP contribution >= 0.6 is 0 Å². The average Bonchev–Trinajstić information content (AvgIpc) is 2.92. The van der Waals surface area contributed by atoms with Crippen molar-refractivity contribution in [3.05, 3.63) is 11.7 Å². The van der Waals surface area contributed by atoms with Gasteiger partial charge in [0.25, 0.3) is 0 Å². The molecule has 1 saturated heterocycles. The number of hydrogen-bond donors (Lipinski definition) is 1. The van der Waals surface area contributed by atoms with Crippen LogP contribution in [-0.4, -0.2) is 38.6 Å². The molecule has 1 aliphatic carbocycles. The quantitative estimate of drug-likeness (QED) is 0.897. The lowest BCUT2D eigenvalue weighted by molar-refractivity contribution is -0.142. The molecule has 7 nitrogen and oxygen atoms in total. The summed E-state index contributed by atoms with van der Waals surface area (Å²) in [5.74, 6) is -0.805. The van der Waals surface area contributed by atoms with E-state index in [9.17, 15) is 14.7 Å². The van der Waals surface area contributed by atoms with Crippen LogP contribution in [0.2, 0.25) is 0 Å². The number of carbonyl (C=O) groups excluding carboxylic acids is 1. The van der Waals surface area contributed by atoms with Crippen molar-refractivity contribution in [1.29, 1.82) is 0 Å². The van der Waals surface area contributed by atoms with Crippen molar-refractivity contribution in [1.82, 2.24) is 15.0 Å². The second-order valence-corrected chi connectivity index (χ2v) is 8.16. The van der Waals surface area contributed by atoms with Gasteiger partial charge in [0.15, 0.2) is 5.82 Å². The lowest BCUT2D eigenvalue weighted by atomic mass is 10.1. The third kappa shape index (κ3) is 3.16. The molecule has 1 amide bonds. The van der Waals surface area contributed by atoms with E-state index in [0.717, 1.165) is 25.7 Å². The van der Waals surface area contributed by atoms with Gasteiger partial charge in [0, 0.05) is 12.5 Å². The Hall–Kier alpha value is -1.92. The lowest BCUT2D eigenvalue weighted by Gasteiger charge is -2.28. The first-order chi connectivity index (χ1) is 11.7. The molecule has 1 aliphatic heterocycles. The number of hydrogen-bond acceptors (Lipinski definition) is 5. The van der Waals surface area contributed by atoms with Crippen LogP contribution in [0.25, 0.3) is 0 Å². The average molecular weight is 349 g/mol. The van der Waals surface area contributed by atoms with Crippen LogP contribution in [0.1, 0.15) is 77.1 Å². The minimum Gasteiger partial charge on any atom is -0.481 e. The largest absolute Gasteiger partial charge is 0.481 e. The number of aliphatic carboxylic acids is 1. The molecule has 0 aromatic carbocycles. The molecule has 1 N–H and O–H groups in total. The van der Waals surface area contributed by atoms with Crippen LogP contribution in [0.4, 0.5) is 0 Å². The monoisotopic (exact) mass is 349 g/mol. The van der Waals surface area contributed by atoms with Crippen molar-refractivity contribution >= 4 is 11.9 Å². The van der Waals surface area contributed by atoms with Gasteiger partial charge in [-0.1, -0.05) is 45.7 Å². The zero-order valence-electron chi connectivity index (χ0n) is 15.4. The van der Waals surface area contributed by atoms with Crippen molar-refractivity contribution in [2.24, 2.45) is 17.3 Å². The summed E-state index contributed by atoms with van der Waals surface area (Å²) < 4.78 is 5.33. The molecule has 0 bridgehead atoms. The molecule has 2 aliphatic rings. The first kappa shape index (κ1) is 17.9. The van der Waals surface area contributed by atoms with Gasteiger partial charge >= 0.3 is 5.97 Å². The van der Waals surface area contributed by atoms with Gasteiger partial charge in [0.1, 0.15) is 0 Å². The highest BCUT2D eigenvalue weighted by Crippen LogP contribution is 2.59. The summed E-state index contributed by atoms with van der Waals surface area (Å²) >= 11 is 0. The van der Waals surface area contributed by atoms with E-state index in [0.29, 0.717) is 18.3 Å². The van der Waals surface area contributed by atoms with Gasteiger partial charge in [-0.3, -0.25) is 9.59 Å². The number of aromatic nitrogens is 2. The smallest absolute Gasteiger partial charge is 0.307 e. The summed E-state index contributed by atoms with van der Waals surface area (Å²) in [5, 5.41) is 13.5. The highest BCUT2D eigenvalue weighted by molar-refractivity contribution is 5.91. The Bertz CT molecular complexity index is 667. The fourth-order valence-corrected chi connectivity index (χ4v) is 4.00. The SMILES string of the molecule is CC(C)c1nc(C2CCCCCN2C(=O)C2C(C(=O)O)C2(C)C)no1. The van der Waals surface area contributed by atoms with Crippen molar-refractivity contribution in [3.8, 4) is 0 Å². The topological polar surface area (TPSA) is 96.5 Å². The van der Waals surface area contributed by atoms with Gasteiger partial charge in [-0.25, -0.2) is 0 Å². The van der Waals surface area contributed by atoms with Gasteiger partial charge in [-0.15, -0.1) is 0 Å². The number of carboxylic acid groups (broad SMARTS) is 1. The highest BCUT2D eigenvalue weighted by Gasteiger charge is 2.67. The number of rotatable bonds is 4. The molecule has 3 rings (SSSR count).